The number of H-pyrrole nitrogens is 1. The number of aromatic amines is 1. The minimum Gasteiger partial charge on any atom is -0.383 e. The van der Waals surface area contributed by atoms with Crippen molar-refractivity contribution in [2.75, 3.05) is 20.3 Å². The first-order valence-corrected chi connectivity index (χ1v) is 9.28. The van der Waals surface area contributed by atoms with Gasteiger partial charge in [-0.25, -0.2) is 9.88 Å². The molecule has 7 nitrogen and oxygen atoms in total. The Labute approximate surface area is 173 Å². The van der Waals surface area contributed by atoms with E-state index in [0.717, 1.165) is 0 Å². The largest absolute Gasteiger partial charge is 0.487 e. The summed E-state index contributed by atoms with van der Waals surface area (Å²) in [5, 5.41) is 0. The van der Waals surface area contributed by atoms with Crippen molar-refractivity contribution in [3.63, 3.8) is 0 Å². The molecular weight excluding hydrogens is 413 g/mol. The van der Waals surface area contributed by atoms with E-state index in [1.165, 1.54) is 35.9 Å². The Bertz CT molecular complexity index is 1310. The first kappa shape index (κ1) is 20.6. The number of nitrogens with zero attached hydrogens (tertiary/aromatic N) is 3. The molecular formula is C21H17F3N4O3. The average molecular weight is 430 g/mol. The van der Waals surface area contributed by atoms with E-state index in [1.54, 1.807) is 24.3 Å². The number of imidazole rings is 1. The van der Waals surface area contributed by atoms with Crippen molar-refractivity contribution in [3.05, 3.63) is 70.6 Å². The molecule has 0 bridgehead atoms. The first-order valence-electron chi connectivity index (χ1n) is 9.28. The summed E-state index contributed by atoms with van der Waals surface area (Å²) in [5.41, 5.74) is 1.05. The van der Waals surface area contributed by atoms with Crippen LogP contribution in [0.4, 0.5) is 13.2 Å². The van der Waals surface area contributed by atoms with E-state index < -0.39 is 24.3 Å². The van der Waals surface area contributed by atoms with E-state index in [1.807, 2.05) is 6.07 Å². The summed E-state index contributed by atoms with van der Waals surface area (Å²) >= 11 is 0. The molecule has 0 spiro atoms. The normalized spacial score (nSPS) is 11.9. The molecule has 2 aromatic heterocycles. The number of nitrogens with one attached hydrogen (secondary N) is 1. The van der Waals surface area contributed by atoms with Crippen LogP contribution in [0.1, 0.15) is 10.4 Å². The highest BCUT2D eigenvalue weighted by Crippen LogP contribution is 2.26. The zero-order chi connectivity index (χ0) is 22.2. The van der Waals surface area contributed by atoms with E-state index in [4.69, 9.17) is 4.74 Å². The molecule has 0 aliphatic rings. The molecule has 1 amide bonds. The van der Waals surface area contributed by atoms with Crippen molar-refractivity contribution in [2.45, 2.75) is 6.30 Å². The number of carbonyl (C=O) groups is 1. The summed E-state index contributed by atoms with van der Waals surface area (Å²) in [4.78, 5) is 31.9. The maximum Gasteiger partial charge on any atom is 0.487 e. The molecule has 0 fully saturated rings. The lowest BCUT2D eigenvalue weighted by Crippen LogP contribution is -2.44. The Morgan fingerprint density at radius 1 is 1.16 bits per heavy atom. The number of fused-ring (bicyclic) bond motifs is 3. The van der Waals surface area contributed by atoms with Gasteiger partial charge in [-0.3, -0.25) is 14.0 Å². The molecule has 2 aromatic carbocycles. The van der Waals surface area contributed by atoms with Crippen molar-refractivity contribution >= 4 is 22.5 Å². The van der Waals surface area contributed by atoms with Gasteiger partial charge in [0, 0.05) is 18.2 Å². The minimum atomic E-state index is -4.87. The standard InChI is InChI=1S/C21H17F3N4O3/c1-31-10-9-27(21(22,23)24)20(30)14-7-8-15-16(11-14)28-17(19(29)26-15)12-25-18(28)13-5-3-2-4-6-13/h2-8,11-12H,9-10H2,1H3,(H,26,29). The molecule has 160 valence electrons. The smallest absolute Gasteiger partial charge is 0.383 e. The summed E-state index contributed by atoms with van der Waals surface area (Å²) in [5.74, 6) is -0.782. The number of carbonyl (C=O) groups excluding carboxylic acids is 1. The Morgan fingerprint density at radius 2 is 1.90 bits per heavy atom. The van der Waals surface area contributed by atoms with Gasteiger partial charge in [-0.05, 0) is 18.2 Å². The van der Waals surface area contributed by atoms with E-state index in [-0.39, 0.29) is 22.6 Å². The summed E-state index contributed by atoms with van der Waals surface area (Å²) < 4.78 is 46.5. The van der Waals surface area contributed by atoms with Crippen LogP contribution in [0.2, 0.25) is 0 Å². The number of ether oxygens (including phenoxy) is 1. The van der Waals surface area contributed by atoms with E-state index in [0.29, 0.717) is 22.4 Å². The third-order valence-corrected chi connectivity index (χ3v) is 4.83. The summed E-state index contributed by atoms with van der Waals surface area (Å²) in [6, 6.07) is 13.0. The topological polar surface area (TPSA) is 79.7 Å². The molecule has 2 heterocycles. The van der Waals surface area contributed by atoms with Gasteiger partial charge in [0.2, 0.25) is 0 Å². The molecule has 10 heteroatoms. The molecule has 0 unspecified atom stereocenters. The lowest BCUT2D eigenvalue weighted by atomic mass is 10.1. The van der Waals surface area contributed by atoms with Gasteiger partial charge >= 0.3 is 6.30 Å². The van der Waals surface area contributed by atoms with Crippen LogP contribution >= 0.6 is 0 Å². The summed E-state index contributed by atoms with van der Waals surface area (Å²) in [7, 11) is 1.26. The predicted molar refractivity (Wildman–Crippen MR) is 108 cm³/mol. The maximum absolute atomic E-state index is 13.4. The fraction of sp³-hybridized carbons (Fsp3) is 0.190. The zero-order valence-corrected chi connectivity index (χ0v) is 16.3. The maximum atomic E-state index is 13.4. The van der Waals surface area contributed by atoms with Crippen LogP contribution in [0, 0.1) is 0 Å². The van der Waals surface area contributed by atoms with Crippen molar-refractivity contribution in [1.29, 1.82) is 0 Å². The highest BCUT2D eigenvalue weighted by atomic mass is 19.4. The van der Waals surface area contributed by atoms with Gasteiger partial charge in [0.15, 0.2) is 0 Å². The number of hydrogen-bond acceptors (Lipinski definition) is 4. The Kier molecular flexibility index (Phi) is 5.24. The van der Waals surface area contributed by atoms with Crippen LogP contribution in [-0.4, -0.2) is 51.7 Å². The van der Waals surface area contributed by atoms with E-state index >= 15 is 0 Å². The van der Waals surface area contributed by atoms with Gasteiger partial charge in [0.05, 0.1) is 30.4 Å². The SMILES string of the molecule is COCCN(C(=O)c1ccc2[nH]c(=O)c3cnc(-c4ccccc4)n3c2c1)C(F)(F)F. The molecule has 0 saturated carbocycles. The summed E-state index contributed by atoms with van der Waals surface area (Å²) in [6.07, 6.45) is -3.48. The van der Waals surface area contributed by atoms with Crippen LogP contribution in [0.15, 0.2) is 59.5 Å². The third kappa shape index (κ3) is 3.77. The summed E-state index contributed by atoms with van der Waals surface area (Å²) in [6.45, 7) is -0.908. The predicted octanol–water partition coefficient (Wildman–Crippen LogP) is 3.45. The van der Waals surface area contributed by atoms with E-state index in [2.05, 4.69) is 9.97 Å². The van der Waals surface area contributed by atoms with Crippen molar-refractivity contribution in [3.8, 4) is 11.4 Å². The highest BCUT2D eigenvalue weighted by Gasteiger charge is 2.41. The van der Waals surface area contributed by atoms with Gasteiger partial charge in [-0.15, -0.1) is 13.2 Å². The van der Waals surface area contributed by atoms with Gasteiger partial charge in [-0.2, -0.15) is 0 Å². The number of halogens is 3. The van der Waals surface area contributed by atoms with Crippen molar-refractivity contribution in [1.82, 2.24) is 19.3 Å². The third-order valence-electron chi connectivity index (χ3n) is 4.83. The number of rotatable bonds is 5. The number of alkyl halides is 3. The van der Waals surface area contributed by atoms with Crippen LogP contribution in [0.5, 0.6) is 0 Å². The van der Waals surface area contributed by atoms with Crippen LogP contribution in [0.25, 0.3) is 27.9 Å². The molecule has 0 radical (unpaired) electrons. The number of hydrogen-bond donors (Lipinski definition) is 1. The lowest BCUT2D eigenvalue weighted by Gasteiger charge is -2.24. The number of aromatic nitrogens is 3. The average Bonchev–Trinajstić information content (AvgIpc) is 3.20. The second-order valence-corrected chi connectivity index (χ2v) is 6.77. The molecule has 4 rings (SSSR count). The molecule has 4 aromatic rings. The number of amides is 1. The second kappa shape index (κ2) is 7.88. The van der Waals surface area contributed by atoms with Gasteiger partial charge < -0.3 is 9.72 Å². The molecule has 1 N–H and O–H groups in total. The number of methoxy groups -OCH3 is 1. The molecule has 0 atom stereocenters. The van der Waals surface area contributed by atoms with Gasteiger partial charge in [-0.1, -0.05) is 30.3 Å². The quantitative estimate of drug-likeness (QED) is 0.492. The first-order chi connectivity index (χ1) is 14.8. The monoisotopic (exact) mass is 430 g/mol. The van der Waals surface area contributed by atoms with Crippen LogP contribution in [0.3, 0.4) is 0 Å². The van der Waals surface area contributed by atoms with Crippen LogP contribution < -0.4 is 5.56 Å². The fourth-order valence-electron chi connectivity index (χ4n) is 3.37. The Hall–Kier alpha value is -3.66. The number of benzene rings is 2. The lowest BCUT2D eigenvalue weighted by molar-refractivity contribution is -0.226. The molecule has 0 saturated heterocycles. The Balaban J connectivity index is 1.91. The van der Waals surface area contributed by atoms with Gasteiger partial charge in [0.25, 0.3) is 11.5 Å². The van der Waals surface area contributed by atoms with Crippen molar-refractivity contribution < 1.29 is 22.7 Å². The van der Waals surface area contributed by atoms with Gasteiger partial charge in [0.1, 0.15) is 11.3 Å². The minimum absolute atomic E-state index is 0.179. The molecule has 31 heavy (non-hydrogen) atoms. The second-order valence-electron chi connectivity index (χ2n) is 6.77. The fourth-order valence-corrected chi connectivity index (χ4v) is 3.37. The van der Waals surface area contributed by atoms with Crippen molar-refractivity contribution in [2.24, 2.45) is 0 Å². The van der Waals surface area contributed by atoms with Crippen LogP contribution in [-0.2, 0) is 4.74 Å². The highest BCUT2D eigenvalue weighted by molar-refractivity contribution is 5.98. The zero-order valence-electron chi connectivity index (χ0n) is 16.3. The van der Waals surface area contributed by atoms with E-state index in [9.17, 15) is 22.8 Å². The molecule has 0 aliphatic heterocycles. The molecule has 0 aliphatic carbocycles. The Morgan fingerprint density at radius 3 is 2.58 bits per heavy atom.